The first-order valence-electron chi connectivity index (χ1n) is 3.98. The van der Waals surface area contributed by atoms with Crippen molar-refractivity contribution in [3.8, 4) is 11.5 Å². The van der Waals surface area contributed by atoms with Crippen molar-refractivity contribution in [2.24, 2.45) is 0 Å². The molecule has 1 N–H and O–H groups in total. The minimum atomic E-state index is 0.122. The van der Waals surface area contributed by atoms with Crippen LogP contribution in [0.1, 0.15) is 5.56 Å². The summed E-state index contributed by atoms with van der Waals surface area (Å²) in [6, 6.07) is 3.49. The molecule has 1 rings (SSSR count). The second-order valence-electron chi connectivity index (χ2n) is 2.60. The number of benzene rings is 1. The molecule has 0 amide bonds. The van der Waals surface area contributed by atoms with Crippen LogP contribution < -0.4 is 4.74 Å². The van der Waals surface area contributed by atoms with E-state index in [9.17, 15) is 5.11 Å². The minimum absolute atomic E-state index is 0.122. The van der Waals surface area contributed by atoms with E-state index < -0.39 is 0 Å². The normalized spacial score (nSPS) is 10.8. The van der Waals surface area contributed by atoms with Crippen LogP contribution in [0.2, 0.25) is 0 Å². The standard InChI is InChI=1S/C10H10BrClO2/c1-14-9-6-8(11)5-7(10(9)13)3-2-4-12/h2-3,5-6,13H,4H2,1H3. The minimum Gasteiger partial charge on any atom is -0.504 e. The molecule has 14 heavy (non-hydrogen) atoms. The van der Waals surface area contributed by atoms with Crippen LogP contribution in [-0.2, 0) is 0 Å². The van der Waals surface area contributed by atoms with Gasteiger partial charge in [0.05, 0.1) is 7.11 Å². The number of aromatic hydroxyl groups is 1. The van der Waals surface area contributed by atoms with Gasteiger partial charge in [-0.3, -0.25) is 0 Å². The van der Waals surface area contributed by atoms with Crippen LogP contribution in [0.3, 0.4) is 0 Å². The molecule has 2 nitrogen and oxygen atoms in total. The van der Waals surface area contributed by atoms with Gasteiger partial charge in [-0.05, 0) is 12.1 Å². The lowest BCUT2D eigenvalue weighted by Gasteiger charge is -2.06. The Bertz CT molecular complexity index is 350. The number of halogens is 2. The molecule has 76 valence electrons. The van der Waals surface area contributed by atoms with Crippen LogP contribution in [0, 0.1) is 0 Å². The Morgan fingerprint density at radius 3 is 2.86 bits per heavy atom. The maximum atomic E-state index is 9.70. The molecule has 0 heterocycles. The number of rotatable bonds is 3. The van der Waals surface area contributed by atoms with Gasteiger partial charge in [0.15, 0.2) is 11.5 Å². The molecule has 1 aromatic rings. The SMILES string of the molecule is COc1cc(Br)cc(C=CCCl)c1O. The van der Waals surface area contributed by atoms with Crippen LogP contribution in [0.15, 0.2) is 22.7 Å². The van der Waals surface area contributed by atoms with Crippen molar-refractivity contribution in [3.63, 3.8) is 0 Å². The van der Waals surface area contributed by atoms with Gasteiger partial charge in [-0.15, -0.1) is 11.6 Å². The summed E-state index contributed by atoms with van der Waals surface area (Å²) in [4.78, 5) is 0. The van der Waals surface area contributed by atoms with E-state index in [1.165, 1.54) is 7.11 Å². The molecule has 0 unspecified atom stereocenters. The van der Waals surface area contributed by atoms with Crippen LogP contribution in [0.25, 0.3) is 6.08 Å². The van der Waals surface area contributed by atoms with Crippen LogP contribution in [0.4, 0.5) is 0 Å². The largest absolute Gasteiger partial charge is 0.504 e. The smallest absolute Gasteiger partial charge is 0.165 e. The lowest BCUT2D eigenvalue weighted by atomic mass is 10.2. The molecule has 0 radical (unpaired) electrons. The summed E-state index contributed by atoms with van der Waals surface area (Å²) in [5.74, 6) is 0.972. The van der Waals surface area contributed by atoms with Gasteiger partial charge in [0.2, 0.25) is 0 Å². The molecule has 0 atom stereocenters. The van der Waals surface area contributed by atoms with Crippen molar-refractivity contribution in [3.05, 3.63) is 28.2 Å². The summed E-state index contributed by atoms with van der Waals surface area (Å²) in [7, 11) is 1.51. The molecule has 0 aromatic heterocycles. The maximum Gasteiger partial charge on any atom is 0.165 e. The van der Waals surface area contributed by atoms with E-state index in [-0.39, 0.29) is 5.75 Å². The first kappa shape index (κ1) is 11.4. The fourth-order valence-corrected chi connectivity index (χ4v) is 1.59. The summed E-state index contributed by atoms with van der Waals surface area (Å²) in [6.45, 7) is 0. The Kier molecular flexibility index (Phi) is 4.29. The average molecular weight is 278 g/mol. The summed E-state index contributed by atoms with van der Waals surface area (Å²) in [6.07, 6.45) is 3.50. The number of phenols is 1. The summed E-state index contributed by atoms with van der Waals surface area (Å²) in [5, 5.41) is 9.70. The van der Waals surface area contributed by atoms with Crippen molar-refractivity contribution >= 4 is 33.6 Å². The quantitative estimate of drug-likeness (QED) is 0.858. The van der Waals surface area contributed by atoms with E-state index in [4.69, 9.17) is 16.3 Å². The van der Waals surface area contributed by atoms with Crippen LogP contribution >= 0.6 is 27.5 Å². The van der Waals surface area contributed by atoms with Crippen molar-refractivity contribution in [1.82, 2.24) is 0 Å². The number of hydrogen-bond acceptors (Lipinski definition) is 2. The van der Waals surface area contributed by atoms with Crippen LogP contribution in [-0.4, -0.2) is 18.1 Å². The highest BCUT2D eigenvalue weighted by molar-refractivity contribution is 9.10. The highest BCUT2D eigenvalue weighted by Crippen LogP contribution is 2.34. The van der Waals surface area contributed by atoms with Gasteiger partial charge in [0.1, 0.15) is 0 Å². The molecule has 0 aliphatic rings. The fourth-order valence-electron chi connectivity index (χ4n) is 1.05. The van der Waals surface area contributed by atoms with E-state index in [1.54, 1.807) is 24.3 Å². The Morgan fingerprint density at radius 1 is 1.57 bits per heavy atom. The van der Waals surface area contributed by atoms with Gasteiger partial charge in [0, 0.05) is 15.9 Å². The molecule has 0 aliphatic heterocycles. The van der Waals surface area contributed by atoms with Crippen LogP contribution in [0.5, 0.6) is 11.5 Å². The molecular formula is C10H10BrClO2. The number of hydrogen-bond donors (Lipinski definition) is 1. The highest BCUT2D eigenvalue weighted by atomic mass is 79.9. The molecule has 4 heteroatoms. The zero-order chi connectivity index (χ0) is 10.6. The molecule has 0 spiro atoms. The second-order valence-corrected chi connectivity index (χ2v) is 3.83. The second kappa shape index (κ2) is 5.27. The van der Waals surface area contributed by atoms with Crippen molar-refractivity contribution in [2.75, 3.05) is 13.0 Å². The summed E-state index contributed by atoms with van der Waals surface area (Å²) >= 11 is 8.83. The first-order valence-corrected chi connectivity index (χ1v) is 5.30. The zero-order valence-corrected chi connectivity index (χ0v) is 9.97. The van der Waals surface area contributed by atoms with Gasteiger partial charge in [-0.2, -0.15) is 0 Å². The first-order chi connectivity index (χ1) is 6.69. The van der Waals surface area contributed by atoms with E-state index >= 15 is 0 Å². The number of phenolic OH excluding ortho intramolecular Hbond substituents is 1. The molecular weight excluding hydrogens is 267 g/mol. The van der Waals surface area contributed by atoms with E-state index in [2.05, 4.69) is 15.9 Å². The third kappa shape index (κ3) is 2.66. The molecule has 0 aliphatic carbocycles. The Labute approximate surface area is 96.3 Å². The maximum absolute atomic E-state index is 9.70. The predicted molar refractivity (Wildman–Crippen MR) is 62.1 cm³/mol. The van der Waals surface area contributed by atoms with Gasteiger partial charge in [-0.1, -0.05) is 28.1 Å². The Balaban J connectivity index is 3.15. The average Bonchev–Trinajstić information content (AvgIpc) is 2.18. The number of allylic oxidation sites excluding steroid dienone is 1. The van der Waals surface area contributed by atoms with E-state index in [1.807, 2.05) is 0 Å². The van der Waals surface area contributed by atoms with E-state index in [0.29, 0.717) is 17.2 Å². The monoisotopic (exact) mass is 276 g/mol. The summed E-state index contributed by atoms with van der Waals surface area (Å²) < 4.78 is 5.85. The van der Waals surface area contributed by atoms with Crippen molar-refractivity contribution < 1.29 is 9.84 Å². The molecule has 0 saturated carbocycles. The molecule has 0 fully saturated rings. The lowest BCUT2D eigenvalue weighted by Crippen LogP contribution is -1.86. The van der Waals surface area contributed by atoms with Gasteiger partial charge in [-0.25, -0.2) is 0 Å². The van der Waals surface area contributed by atoms with Gasteiger partial charge in [0.25, 0.3) is 0 Å². The van der Waals surface area contributed by atoms with Gasteiger partial charge < -0.3 is 9.84 Å². The zero-order valence-electron chi connectivity index (χ0n) is 7.63. The number of ether oxygens (including phenoxy) is 1. The number of alkyl halides is 1. The van der Waals surface area contributed by atoms with Gasteiger partial charge >= 0.3 is 0 Å². The fraction of sp³-hybridized carbons (Fsp3) is 0.200. The van der Waals surface area contributed by atoms with Crippen molar-refractivity contribution in [2.45, 2.75) is 0 Å². The van der Waals surface area contributed by atoms with Crippen molar-refractivity contribution in [1.29, 1.82) is 0 Å². The predicted octanol–water partition coefficient (Wildman–Crippen LogP) is 3.42. The van der Waals surface area contributed by atoms with E-state index in [0.717, 1.165) is 4.47 Å². The summed E-state index contributed by atoms with van der Waals surface area (Å²) in [5.41, 5.74) is 0.678. The molecule has 0 bridgehead atoms. The lowest BCUT2D eigenvalue weighted by molar-refractivity contribution is 0.372. The Hall–Kier alpha value is -0.670. The number of methoxy groups -OCH3 is 1. The third-order valence-electron chi connectivity index (χ3n) is 1.68. The topological polar surface area (TPSA) is 29.5 Å². The Morgan fingerprint density at radius 2 is 2.29 bits per heavy atom. The molecule has 1 aromatic carbocycles. The molecule has 0 saturated heterocycles. The third-order valence-corrected chi connectivity index (χ3v) is 2.31. The highest BCUT2D eigenvalue weighted by Gasteiger charge is 2.06.